The minimum atomic E-state index is 0. The molecule has 322 valence electrons. The number of aromatic hydroxyl groups is 2. The van der Waals surface area contributed by atoms with Crippen molar-refractivity contribution in [2.24, 2.45) is 0 Å². The molecular formula is C64H48O2W. The number of para-hydroxylation sites is 2. The van der Waals surface area contributed by atoms with E-state index in [0.29, 0.717) is 11.5 Å². The van der Waals surface area contributed by atoms with Gasteiger partial charge in [-0.2, -0.15) is 0 Å². The molecule has 0 heterocycles. The molecule has 0 atom stereocenters. The zero-order valence-corrected chi connectivity index (χ0v) is 39.8. The first-order valence-corrected chi connectivity index (χ1v) is 21.7. The van der Waals surface area contributed by atoms with Gasteiger partial charge in [-0.25, -0.2) is 0 Å². The maximum Gasteiger partial charge on any atom is 0.131 e. The van der Waals surface area contributed by atoms with Crippen molar-refractivity contribution in [1.29, 1.82) is 0 Å². The van der Waals surface area contributed by atoms with Gasteiger partial charge in [0.25, 0.3) is 0 Å². The minimum absolute atomic E-state index is 0. The van der Waals surface area contributed by atoms with E-state index in [9.17, 15) is 10.2 Å². The molecule has 0 bridgehead atoms. The number of hydrogen-bond acceptors (Lipinski definition) is 2. The Hall–Kier alpha value is -8.39. The summed E-state index contributed by atoms with van der Waals surface area (Å²) in [6.07, 6.45) is 0. The van der Waals surface area contributed by atoms with Crippen molar-refractivity contribution >= 4 is 0 Å². The fourth-order valence-corrected chi connectivity index (χ4v) is 6.86. The van der Waals surface area contributed by atoms with Crippen molar-refractivity contribution in [2.75, 3.05) is 0 Å². The van der Waals surface area contributed by atoms with E-state index in [4.69, 9.17) is 0 Å². The number of benzene rings is 10. The summed E-state index contributed by atoms with van der Waals surface area (Å²) in [7, 11) is 0. The van der Waals surface area contributed by atoms with Crippen molar-refractivity contribution in [2.45, 2.75) is 0 Å². The molecule has 0 amide bonds. The van der Waals surface area contributed by atoms with E-state index >= 15 is 0 Å². The summed E-state index contributed by atoms with van der Waals surface area (Å²) in [5, 5.41) is 21.0. The van der Waals surface area contributed by atoms with Gasteiger partial charge in [0.15, 0.2) is 0 Å². The first-order chi connectivity index (χ1) is 32.6. The Morgan fingerprint density at radius 3 is 0.537 bits per heavy atom. The topological polar surface area (TPSA) is 40.5 Å². The van der Waals surface area contributed by atoms with Crippen LogP contribution in [-0.4, -0.2) is 10.2 Å². The van der Waals surface area contributed by atoms with Crippen LogP contribution in [0, 0.1) is 23.7 Å². The van der Waals surface area contributed by atoms with Crippen LogP contribution in [0.3, 0.4) is 0 Å². The van der Waals surface area contributed by atoms with Crippen LogP contribution in [0.2, 0.25) is 0 Å². The van der Waals surface area contributed by atoms with E-state index < -0.39 is 0 Å². The van der Waals surface area contributed by atoms with Gasteiger partial charge in [-0.3, -0.25) is 0 Å². The minimum Gasteiger partial charge on any atom is -0.507 e. The fraction of sp³-hybridized carbons (Fsp3) is 0. The third kappa shape index (κ3) is 14.8. The molecule has 10 aromatic rings. The van der Waals surface area contributed by atoms with Crippen LogP contribution in [0.15, 0.2) is 279 Å². The average molecular weight is 1030 g/mol. The van der Waals surface area contributed by atoms with Gasteiger partial charge in [0.05, 0.1) is 0 Å². The summed E-state index contributed by atoms with van der Waals surface area (Å²) in [6, 6.07) is 91.5. The molecule has 2 N–H and O–H groups in total. The number of phenols is 2. The van der Waals surface area contributed by atoms with E-state index in [1.54, 1.807) is 0 Å². The molecule has 2 nitrogen and oxygen atoms in total. The van der Waals surface area contributed by atoms with Crippen molar-refractivity contribution in [3.8, 4) is 79.7 Å². The summed E-state index contributed by atoms with van der Waals surface area (Å²) in [4.78, 5) is 0. The molecule has 0 spiro atoms. The van der Waals surface area contributed by atoms with Gasteiger partial charge in [0.1, 0.15) is 11.5 Å². The summed E-state index contributed by atoms with van der Waals surface area (Å²) >= 11 is 0. The first kappa shape index (κ1) is 48.1. The van der Waals surface area contributed by atoms with Gasteiger partial charge >= 0.3 is 0 Å². The van der Waals surface area contributed by atoms with Crippen LogP contribution in [-0.2, 0) is 21.1 Å². The Balaban J connectivity index is 0.000000148. The van der Waals surface area contributed by atoms with Crippen molar-refractivity contribution in [3.05, 3.63) is 301 Å². The van der Waals surface area contributed by atoms with Crippen LogP contribution < -0.4 is 0 Å². The van der Waals surface area contributed by atoms with Gasteiger partial charge in [0.2, 0.25) is 0 Å². The zero-order valence-electron chi connectivity index (χ0n) is 36.9. The number of hydrogen-bond donors (Lipinski definition) is 2. The number of rotatable bonds is 4. The maximum atomic E-state index is 10.5. The maximum absolute atomic E-state index is 10.5. The van der Waals surface area contributed by atoms with E-state index in [1.807, 2.05) is 279 Å². The van der Waals surface area contributed by atoms with Crippen LogP contribution in [0.5, 0.6) is 11.5 Å². The average Bonchev–Trinajstić information content (AvgIpc) is 3.40. The van der Waals surface area contributed by atoms with Gasteiger partial charge in [0, 0.05) is 65.6 Å². The molecule has 0 fully saturated rings. The molecule has 10 rings (SSSR count). The normalized spacial score (nSPS) is 9.55. The quantitative estimate of drug-likeness (QED) is 0.173. The molecule has 0 saturated heterocycles. The first-order valence-electron chi connectivity index (χ1n) is 21.7. The second-order valence-corrected chi connectivity index (χ2v) is 14.8. The Morgan fingerprint density at radius 1 is 0.194 bits per heavy atom. The van der Waals surface area contributed by atoms with Gasteiger partial charge in [-0.15, -0.1) is 0 Å². The van der Waals surface area contributed by atoms with Crippen LogP contribution in [0.1, 0.15) is 22.3 Å². The van der Waals surface area contributed by atoms with E-state index in [2.05, 4.69) is 23.7 Å². The smallest absolute Gasteiger partial charge is 0.131 e. The molecule has 3 heteroatoms. The second kappa shape index (κ2) is 26.4. The fourth-order valence-electron chi connectivity index (χ4n) is 6.86. The van der Waals surface area contributed by atoms with Gasteiger partial charge in [-0.05, 0) is 70.8 Å². The largest absolute Gasteiger partial charge is 0.507 e. The third-order valence-corrected chi connectivity index (χ3v) is 10.2. The Bertz CT molecular complexity index is 2680. The standard InChI is InChI=1S/2C18H14O.2C14H10.W/c2*19-18-16(14-8-3-1-4-9-14)12-7-13-17(18)15-10-5-2-6-11-15;2*1-3-7-13(8-4-1)11-12-14-9-5-2-6-10-14;/h2*1-13,19H;2*1-10H;. The summed E-state index contributed by atoms with van der Waals surface area (Å²) in [6.45, 7) is 0. The zero-order chi connectivity index (χ0) is 45.4. The monoisotopic (exact) mass is 1030 g/mol. The van der Waals surface area contributed by atoms with Gasteiger partial charge in [-0.1, -0.05) is 254 Å². The van der Waals surface area contributed by atoms with Crippen LogP contribution in [0.4, 0.5) is 0 Å². The van der Waals surface area contributed by atoms with Gasteiger partial charge < -0.3 is 10.2 Å². The molecule has 0 saturated carbocycles. The summed E-state index contributed by atoms with van der Waals surface area (Å²) in [5.74, 6) is 13.1. The van der Waals surface area contributed by atoms with E-state index in [-0.39, 0.29) is 21.1 Å². The summed E-state index contributed by atoms with van der Waals surface area (Å²) in [5.41, 5.74) is 11.8. The molecule has 10 aromatic carbocycles. The van der Waals surface area contributed by atoms with Crippen LogP contribution >= 0.6 is 0 Å². The third-order valence-electron chi connectivity index (χ3n) is 10.2. The molecular weight excluding hydrogens is 985 g/mol. The summed E-state index contributed by atoms with van der Waals surface area (Å²) < 4.78 is 0. The van der Waals surface area contributed by atoms with E-state index in [0.717, 1.165) is 66.8 Å². The van der Waals surface area contributed by atoms with Crippen molar-refractivity contribution < 1.29 is 31.3 Å². The predicted octanol–water partition coefficient (Wildman–Crippen LogP) is 15.6. The molecule has 0 aliphatic heterocycles. The van der Waals surface area contributed by atoms with Crippen molar-refractivity contribution in [1.82, 2.24) is 0 Å². The number of phenolic OH excluding ortho intramolecular Hbond substituents is 2. The molecule has 0 radical (unpaired) electrons. The Labute approximate surface area is 409 Å². The molecule has 0 unspecified atom stereocenters. The van der Waals surface area contributed by atoms with E-state index in [1.165, 1.54) is 0 Å². The van der Waals surface area contributed by atoms with Crippen LogP contribution in [0.25, 0.3) is 44.5 Å². The Morgan fingerprint density at radius 2 is 0.358 bits per heavy atom. The Kier molecular flexibility index (Phi) is 18.9. The van der Waals surface area contributed by atoms with Crippen molar-refractivity contribution in [3.63, 3.8) is 0 Å². The molecule has 0 aromatic heterocycles. The second-order valence-electron chi connectivity index (χ2n) is 14.8. The molecule has 0 aliphatic carbocycles. The SMILES string of the molecule is C(#Cc1ccccc1)c1ccccc1.C(#Cc1ccccc1)c1ccccc1.Oc1c(-c2ccccc2)cccc1-c1ccccc1.Oc1c(-c2ccccc2)cccc1-c1ccccc1.[W]. The predicted molar refractivity (Wildman–Crippen MR) is 276 cm³/mol. The molecule has 67 heavy (non-hydrogen) atoms. The molecule has 0 aliphatic rings.